The molecule has 0 aromatic heterocycles. The number of piperidine rings is 1. The number of hydrogen-bond acceptors (Lipinski definition) is 4. The van der Waals surface area contributed by atoms with E-state index in [0.29, 0.717) is 24.3 Å². The Balaban J connectivity index is 1.86. The molecule has 1 heterocycles. The Kier molecular flexibility index (Phi) is 6.45. The zero-order valence-electron chi connectivity index (χ0n) is 14.8. The van der Waals surface area contributed by atoms with Gasteiger partial charge in [0.25, 0.3) is 0 Å². The topological polar surface area (TPSA) is 72.6 Å². The van der Waals surface area contributed by atoms with E-state index < -0.39 is 0 Å². The van der Waals surface area contributed by atoms with Crippen LogP contribution in [0.1, 0.15) is 52.9 Å². The minimum Gasteiger partial charge on any atom is -0.461 e. The Hall–Kier alpha value is -1.10. The number of ether oxygens (including phenoxy) is 1. The predicted octanol–water partition coefficient (Wildman–Crippen LogP) is 2.19. The van der Waals surface area contributed by atoms with Crippen LogP contribution in [0.5, 0.6) is 0 Å². The lowest BCUT2D eigenvalue weighted by Gasteiger charge is -2.37. The maximum Gasteiger partial charge on any atom is 0.320 e. The molecule has 23 heavy (non-hydrogen) atoms. The van der Waals surface area contributed by atoms with Crippen molar-refractivity contribution < 1.29 is 14.3 Å². The Morgan fingerprint density at radius 3 is 2.65 bits per heavy atom. The summed E-state index contributed by atoms with van der Waals surface area (Å²) in [6, 6.07) is 0. The predicted molar refractivity (Wildman–Crippen MR) is 89.6 cm³/mol. The van der Waals surface area contributed by atoms with E-state index in [1.807, 2.05) is 4.90 Å². The van der Waals surface area contributed by atoms with Gasteiger partial charge in [-0.2, -0.15) is 0 Å². The molecule has 132 valence electrons. The Morgan fingerprint density at radius 1 is 1.26 bits per heavy atom. The fraction of sp³-hybridized carbons (Fsp3) is 0.889. The summed E-state index contributed by atoms with van der Waals surface area (Å²) < 4.78 is 5.84. The van der Waals surface area contributed by atoms with Crippen LogP contribution in [0, 0.1) is 23.7 Å². The highest BCUT2D eigenvalue weighted by atomic mass is 16.5. The van der Waals surface area contributed by atoms with Crippen molar-refractivity contribution in [3.05, 3.63) is 0 Å². The molecule has 0 radical (unpaired) electrons. The Morgan fingerprint density at radius 2 is 2.00 bits per heavy atom. The average Bonchev–Trinajstić information content (AvgIpc) is 2.47. The molecular weight excluding hydrogens is 292 g/mol. The van der Waals surface area contributed by atoms with E-state index in [-0.39, 0.29) is 30.4 Å². The lowest BCUT2D eigenvalue weighted by atomic mass is 9.75. The molecule has 1 aliphatic carbocycles. The number of likely N-dealkylation sites (tertiary alicyclic amines) is 1. The fourth-order valence-corrected chi connectivity index (χ4v) is 4.07. The quantitative estimate of drug-likeness (QED) is 0.787. The molecule has 5 nitrogen and oxygen atoms in total. The minimum absolute atomic E-state index is 0.0444. The van der Waals surface area contributed by atoms with Gasteiger partial charge in [-0.3, -0.25) is 14.5 Å². The number of primary amides is 1. The van der Waals surface area contributed by atoms with Gasteiger partial charge in [0.2, 0.25) is 5.91 Å². The molecule has 4 atom stereocenters. The van der Waals surface area contributed by atoms with Crippen molar-refractivity contribution in [1.82, 2.24) is 4.90 Å². The lowest BCUT2D eigenvalue weighted by Crippen LogP contribution is -2.45. The number of esters is 1. The molecule has 1 saturated carbocycles. The largest absolute Gasteiger partial charge is 0.461 e. The molecule has 1 aliphatic heterocycles. The van der Waals surface area contributed by atoms with Crippen molar-refractivity contribution in [3.63, 3.8) is 0 Å². The molecule has 0 unspecified atom stereocenters. The molecule has 0 spiro atoms. The second-order valence-corrected chi connectivity index (χ2v) is 7.83. The first-order chi connectivity index (χ1) is 10.9. The number of carbonyl (C=O) groups excluding carboxylic acids is 2. The van der Waals surface area contributed by atoms with Crippen LogP contribution in [0.3, 0.4) is 0 Å². The summed E-state index contributed by atoms with van der Waals surface area (Å²) in [5, 5.41) is 0. The smallest absolute Gasteiger partial charge is 0.320 e. The maximum absolute atomic E-state index is 12.4. The normalized spacial score (nSPS) is 32.7. The fourth-order valence-electron chi connectivity index (χ4n) is 4.07. The maximum atomic E-state index is 12.4. The number of hydrogen-bond donors (Lipinski definition) is 1. The summed E-state index contributed by atoms with van der Waals surface area (Å²) in [5.41, 5.74) is 5.39. The molecule has 0 bridgehead atoms. The first kappa shape index (κ1) is 18.2. The van der Waals surface area contributed by atoms with E-state index in [1.54, 1.807) is 0 Å². The number of carbonyl (C=O) groups is 2. The third-order valence-corrected chi connectivity index (χ3v) is 5.50. The molecule has 1 saturated heterocycles. The number of nitrogens with zero attached hydrogens (tertiary/aromatic N) is 1. The van der Waals surface area contributed by atoms with Crippen LogP contribution in [0.4, 0.5) is 0 Å². The summed E-state index contributed by atoms with van der Waals surface area (Å²) >= 11 is 0. The van der Waals surface area contributed by atoms with Crippen molar-refractivity contribution in [1.29, 1.82) is 0 Å². The van der Waals surface area contributed by atoms with Gasteiger partial charge in [-0.15, -0.1) is 0 Å². The number of rotatable bonds is 5. The molecule has 2 aliphatic rings. The van der Waals surface area contributed by atoms with E-state index in [2.05, 4.69) is 20.8 Å². The van der Waals surface area contributed by atoms with Gasteiger partial charge in [0.15, 0.2) is 0 Å². The van der Waals surface area contributed by atoms with Crippen LogP contribution in [-0.4, -0.2) is 42.5 Å². The zero-order chi connectivity index (χ0) is 17.0. The van der Waals surface area contributed by atoms with Gasteiger partial charge in [0.1, 0.15) is 6.10 Å². The highest BCUT2D eigenvalue weighted by molar-refractivity contribution is 5.77. The molecule has 1 amide bonds. The van der Waals surface area contributed by atoms with Gasteiger partial charge in [-0.25, -0.2) is 0 Å². The lowest BCUT2D eigenvalue weighted by molar-refractivity contribution is -0.158. The second kappa shape index (κ2) is 8.13. The number of amides is 1. The van der Waals surface area contributed by atoms with Gasteiger partial charge in [0, 0.05) is 6.54 Å². The van der Waals surface area contributed by atoms with Crippen LogP contribution >= 0.6 is 0 Å². The van der Waals surface area contributed by atoms with Crippen molar-refractivity contribution in [2.24, 2.45) is 29.4 Å². The zero-order valence-corrected chi connectivity index (χ0v) is 14.8. The Bertz CT molecular complexity index is 424. The van der Waals surface area contributed by atoms with E-state index in [1.165, 1.54) is 6.42 Å². The van der Waals surface area contributed by atoms with Gasteiger partial charge in [-0.05, 0) is 50.0 Å². The summed E-state index contributed by atoms with van der Waals surface area (Å²) in [6.45, 7) is 8.36. The van der Waals surface area contributed by atoms with Crippen LogP contribution in [0.15, 0.2) is 0 Å². The molecule has 2 fully saturated rings. The standard InChI is InChI=1S/C18H32N2O3/c1-12(2)15-7-6-13(3)9-16(15)23-17(21)11-20-8-4-5-14(10-20)18(19)22/h12-16H,4-11H2,1-3H3,(H2,19,22)/t13-,14-,15-,16+/m1/s1. The van der Waals surface area contributed by atoms with Crippen LogP contribution in [-0.2, 0) is 14.3 Å². The van der Waals surface area contributed by atoms with Crippen molar-refractivity contribution in [2.75, 3.05) is 19.6 Å². The minimum atomic E-state index is -0.260. The third kappa shape index (κ3) is 5.20. The van der Waals surface area contributed by atoms with Crippen molar-refractivity contribution in [2.45, 2.75) is 59.0 Å². The highest BCUT2D eigenvalue weighted by Gasteiger charge is 2.34. The molecule has 0 aromatic rings. The summed E-state index contributed by atoms with van der Waals surface area (Å²) in [6.07, 6.45) is 5.13. The summed E-state index contributed by atoms with van der Waals surface area (Å²) in [4.78, 5) is 25.7. The third-order valence-electron chi connectivity index (χ3n) is 5.50. The molecule has 2 rings (SSSR count). The molecule has 2 N–H and O–H groups in total. The van der Waals surface area contributed by atoms with Crippen molar-refractivity contribution >= 4 is 11.9 Å². The molecular formula is C18H32N2O3. The van der Waals surface area contributed by atoms with E-state index in [9.17, 15) is 9.59 Å². The van der Waals surface area contributed by atoms with Crippen molar-refractivity contribution in [3.8, 4) is 0 Å². The molecule has 0 aromatic carbocycles. The first-order valence-electron chi connectivity index (χ1n) is 9.08. The summed E-state index contributed by atoms with van der Waals surface area (Å²) in [5.74, 6) is 1.08. The number of nitrogens with two attached hydrogens (primary N) is 1. The highest BCUT2D eigenvalue weighted by Crippen LogP contribution is 2.35. The summed E-state index contributed by atoms with van der Waals surface area (Å²) in [7, 11) is 0. The van der Waals surface area contributed by atoms with E-state index in [4.69, 9.17) is 10.5 Å². The second-order valence-electron chi connectivity index (χ2n) is 7.83. The van der Waals surface area contributed by atoms with Gasteiger partial charge in [0.05, 0.1) is 12.5 Å². The van der Waals surface area contributed by atoms with E-state index >= 15 is 0 Å². The van der Waals surface area contributed by atoms with Crippen LogP contribution in [0.2, 0.25) is 0 Å². The molecule has 5 heteroatoms. The van der Waals surface area contributed by atoms with Crippen LogP contribution in [0.25, 0.3) is 0 Å². The average molecular weight is 324 g/mol. The van der Waals surface area contributed by atoms with Gasteiger partial charge in [-0.1, -0.05) is 27.2 Å². The van der Waals surface area contributed by atoms with Gasteiger partial charge >= 0.3 is 5.97 Å². The first-order valence-corrected chi connectivity index (χ1v) is 9.08. The van der Waals surface area contributed by atoms with E-state index in [0.717, 1.165) is 32.2 Å². The SMILES string of the molecule is CC(C)[C@H]1CC[C@@H](C)C[C@@H]1OC(=O)CN1CCC[C@@H](C(N)=O)C1. The monoisotopic (exact) mass is 324 g/mol. The van der Waals surface area contributed by atoms with Gasteiger partial charge < -0.3 is 10.5 Å². The Labute approximate surface area is 139 Å². The van der Waals surface area contributed by atoms with Crippen LogP contribution < -0.4 is 5.73 Å².